The van der Waals surface area contributed by atoms with Crippen LogP contribution in [0, 0.1) is 0 Å². The fourth-order valence-corrected chi connectivity index (χ4v) is 5.84. The third-order valence-corrected chi connectivity index (χ3v) is 7.71. The summed E-state index contributed by atoms with van der Waals surface area (Å²) in [6.07, 6.45) is 7.77. The predicted molar refractivity (Wildman–Crippen MR) is 142 cm³/mol. The van der Waals surface area contributed by atoms with Crippen LogP contribution in [-0.2, 0) is 13.0 Å². The van der Waals surface area contributed by atoms with E-state index in [2.05, 4.69) is 64.5 Å². The van der Waals surface area contributed by atoms with Gasteiger partial charge in [0.15, 0.2) is 4.80 Å². The number of aromatic nitrogens is 1. The first-order valence-electron chi connectivity index (χ1n) is 12.3. The van der Waals surface area contributed by atoms with Crippen LogP contribution in [0.15, 0.2) is 89.2 Å². The molecule has 5 rings (SSSR count). The van der Waals surface area contributed by atoms with Gasteiger partial charge in [0.2, 0.25) is 0 Å². The lowest BCUT2D eigenvalue weighted by atomic mass is 9.84. The van der Waals surface area contributed by atoms with Crippen molar-refractivity contribution in [3.63, 3.8) is 0 Å². The minimum Gasteiger partial charge on any atom is -0.497 e. The molecule has 1 aliphatic carbocycles. The van der Waals surface area contributed by atoms with Crippen molar-refractivity contribution in [3.05, 3.63) is 100 Å². The molecule has 174 valence electrons. The molecule has 0 radical (unpaired) electrons. The Balaban J connectivity index is 1.47. The summed E-state index contributed by atoms with van der Waals surface area (Å²) in [5.41, 5.74) is 6.28. The van der Waals surface area contributed by atoms with Crippen LogP contribution >= 0.6 is 11.3 Å². The Morgan fingerprint density at radius 3 is 2.32 bits per heavy atom. The van der Waals surface area contributed by atoms with Gasteiger partial charge in [-0.15, -0.1) is 11.3 Å². The lowest BCUT2D eigenvalue weighted by Gasteiger charge is -2.22. The molecule has 0 amide bonds. The van der Waals surface area contributed by atoms with E-state index in [9.17, 15) is 0 Å². The zero-order valence-corrected chi connectivity index (χ0v) is 20.6. The highest BCUT2D eigenvalue weighted by molar-refractivity contribution is 7.07. The van der Waals surface area contributed by atoms with E-state index >= 15 is 0 Å². The molecule has 0 aliphatic heterocycles. The zero-order chi connectivity index (χ0) is 23.2. The van der Waals surface area contributed by atoms with Gasteiger partial charge in [0.25, 0.3) is 0 Å². The highest BCUT2D eigenvalue weighted by Crippen LogP contribution is 2.33. The maximum atomic E-state index is 5.30. The molecule has 0 unspecified atom stereocenters. The molecule has 0 bridgehead atoms. The van der Waals surface area contributed by atoms with E-state index in [-0.39, 0.29) is 0 Å². The number of methoxy groups -OCH3 is 1. The van der Waals surface area contributed by atoms with Gasteiger partial charge in [-0.25, -0.2) is 4.99 Å². The topological polar surface area (TPSA) is 26.5 Å². The third kappa shape index (κ3) is 5.34. The summed E-state index contributed by atoms with van der Waals surface area (Å²) < 4.78 is 7.67. The highest BCUT2D eigenvalue weighted by atomic mass is 32.1. The van der Waals surface area contributed by atoms with E-state index in [1.54, 1.807) is 18.4 Å². The molecule has 1 heterocycles. The van der Waals surface area contributed by atoms with Crippen LogP contribution in [0.2, 0.25) is 0 Å². The average Bonchev–Trinajstić information content (AvgIpc) is 3.31. The van der Waals surface area contributed by atoms with Crippen LogP contribution in [-0.4, -0.2) is 11.7 Å². The van der Waals surface area contributed by atoms with Crippen molar-refractivity contribution in [1.29, 1.82) is 0 Å². The number of nitrogens with zero attached hydrogens (tertiary/aromatic N) is 2. The minimum atomic E-state index is 0.733. The van der Waals surface area contributed by atoms with Crippen LogP contribution in [0.4, 0.5) is 5.69 Å². The van der Waals surface area contributed by atoms with Crippen LogP contribution < -0.4 is 9.54 Å². The molecule has 0 N–H and O–H groups in total. The van der Waals surface area contributed by atoms with E-state index in [4.69, 9.17) is 9.73 Å². The van der Waals surface area contributed by atoms with Gasteiger partial charge in [-0.1, -0.05) is 73.9 Å². The van der Waals surface area contributed by atoms with Gasteiger partial charge in [0.1, 0.15) is 5.75 Å². The summed E-state index contributed by atoms with van der Waals surface area (Å²) in [6, 6.07) is 28.0. The molecular formula is C30H32N2OS. The van der Waals surface area contributed by atoms with E-state index in [0.29, 0.717) is 0 Å². The Morgan fingerprint density at radius 1 is 0.882 bits per heavy atom. The Kier molecular flexibility index (Phi) is 7.25. The zero-order valence-electron chi connectivity index (χ0n) is 19.8. The smallest absolute Gasteiger partial charge is 0.190 e. The molecule has 3 nitrogen and oxygen atoms in total. The molecule has 1 saturated carbocycles. The van der Waals surface area contributed by atoms with E-state index < -0.39 is 0 Å². The summed E-state index contributed by atoms with van der Waals surface area (Å²) >= 11 is 1.71. The van der Waals surface area contributed by atoms with Gasteiger partial charge in [-0.3, -0.25) is 0 Å². The van der Waals surface area contributed by atoms with Crippen molar-refractivity contribution in [1.82, 2.24) is 4.57 Å². The van der Waals surface area contributed by atoms with Crippen molar-refractivity contribution in [2.45, 2.75) is 51.0 Å². The first kappa shape index (κ1) is 22.7. The van der Waals surface area contributed by atoms with E-state index in [1.807, 2.05) is 24.3 Å². The highest BCUT2D eigenvalue weighted by Gasteiger charge is 2.16. The van der Waals surface area contributed by atoms with Gasteiger partial charge in [-0.05, 0) is 66.1 Å². The molecular weight excluding hydrogens is 436 g/mol. The number of hydrogen-bond donors (Lipinski definition) is 0. The number of hydrogen-bond acceptors (Lipinski definition) is 3. The van der Waals surface area contributed by atoms with Crippen molar-refractivity contribution >= 4 is 17.0 Å². The van der Waals surface area contributed by atoms with Gasteiger partial charge in [0.05, 0.1) is 18.5 Å². The van der Waals surface area contributed by atoms with Crippen molar-refractivity contribution in [3.8, 4) is 17.0 Å². The van der Waals surface area contributed by atoms with Crippen molar-refractivity contribution in [2.75, 3.05) is 7.11 Å². The molecule has 1 fully saturated rings. The standard InChI is InChI=1S/C30H32N2OS/c1-33-28-18-16-27(17-19-28)31-30-32(21-20-23-8-4-2-5-9-23)29(22-34-30)26-14-12-25(13-15-26)24-10-6-3-7-11-24/h2,4-5,8-9,12-19,22,24H,3,6-7,10-11,20-21H2,1H3. The van der Waals surface area contributed by atoms with Crippen molar-refractivity contribution in [2.24, 2.45) is 4.99 Å². The molecule has 34 heavy (non-hydrogen) atoms. The van der Waals surface area contributed by atoms with Crippen LogP contribution in [0.3, 0.4) is 0 Å². The number of rotatable bonds is 7. The monoisotopic (exact) mass is 468 g/mol. The van der Waals surface area contributed by atoms with Crippen LogP contribution in [0.25, 0.3) is 11.3 Å². The van der Waals surface area contributed by atoms with Gasteiger partial charge in [0, 0.05) is 11.9 Å². The summed E-state index contributed by atoms with van der Waals surface area (Å²) in [5.74, 6) is 1.58. The van der Waals surface area contributed by atoms with E-state index in [1.165, 1.54) is 54.5 Å². The molecule has 3 aromatic carbocycles. The summed E-state index contributed by atoms with van der Waals surface area (Å²) in [5, 5.41) is 2.25. The second kappa shape index (κ2) is 10.9. The first-order chi connectivity index (χ1) is 16.8. The molecule has 4 aromatic rings. The largest absolute Gasteiger partial charge is 0.497 e. The van der Waals surface area contributed by atoms with Crippen LogP contribution in [0.5, 0.6) is 5.75 Å². The Morgan fingerprint density at radius 2 is 1.62 bits per heavy atom. The minimum absolute atomic E-state index is 0.733. The Hall–Kier alpha value is -3.11. The first-order valence-corrected chi connectivity index (χ1v) is 13.2. The number of ether oxygens (including phenoxy) is 1. The summed E-state index contributed by atoms with van der Waals surface area (Å²) in [7, 11) is 1.69. The van der Waals surface area contributed by atoms with Crippen LogP contribution in [0.1, 0.15) is 49.1 Å². The average molecular weight is 469 g/mol. The van der Waals surface area contributed by atoms with Gasteiger partial charge < -0.3 is 9.30 Å². The van der Waals surface area contributed by atoms with Gasteiger partial charge >= 0.3 is 0 Å². The second-order valence-corrected chi connectivity index (χ2v) is 9.89. The Labute approximate surface area is 206 Å². The SMILES string of the molecule is COc1ccc(N=c2scc(-c3ccc(C4CCCCC4)cc3)n2CCc2ccccc2)cc1. The number of aryl methyl sites for hydroxylation is 1. The maximum absolute atomic E-state index is 5.30. The van der Waals surface area contributed by atoms with Crippen molar-refractivity contribution < 1.29 is 4.74 Å². The lowest BCUT2D eigenvalue weighted by molar-refractivity contribution is 0.415. The van der Waals surface area contributed by atoms with E-state index in [0.717, 1.165) is 35.1 Å². The number of benzene rings is 3. The number of thiazole rings is 1. The molecule has 0 spiro atoms. The molecule has 0 saturated heterocycles. The third-order valence-electron chi connectivity index (χ3n) is 6.84. The molecule has 4 heteroatoms. The quantitative estimate of drug-likeness (QED) is 0.272. The van der Waals surface area contributed by atoms with Gasteiger partial charge in [-0.2, -0.15) is 0 Å². The fourth-order valence-electron chi connectivity index (χ4n) is 4.88. The second-order valence-electron chi connectivity index (χ2n) is 9.06. The predicted octanol–water partition coefficient (Wildman–Crippen LogP) is 7.75. The maximum Gasteiger partial charge on any atom is 0.190 e. The molecule has 1 aromatic heterocycles. The lowest BCUT2D eigenvalue weighted by Crippen LogP contribution is -2.17. The Bertz CT molecular complexity index is 1250. The molecule has 0 atom stereocenters. The molecule has 1 aliphatic rings. The normalized spacial score (nSPS) is 14.9. The summed E-state index contributed by atoms with van der Waals surface area (Å²) in [4.78, 5) is 6.01. The fraction of sp³-hybridized carbons (Fsp3) is 0.300. The summed E-state index contributed by atoms with van der Waals surface area (Å²) in [6.45, 7) is 0.891.